The van der Waals surface area contributed by atoms with Gasteiger partial charge in [-0.05, 0) is 35.7 Å². The number of methoxy groups -OCH3 is 2. The van der Waals surface area contributed by atoms with Gasteiger partial charge < -0.3 is 25.4 Å². The van der Waals surface area contributed by atoms with E-state index in [1.165, 1.54) is 0 Å². The van der Waals surface area contributed by atoms with Crippen LogP contribution in [-0.2, 0) is 19.4 Å². The summed E-state index contributed by atoms with van der Waals surface area (Å²) in [4.78, 5) is 4.25. The van der Waals surface area contributed by atoms with Crippen molar-refractivity contribution < 1.29 is 19.7 Å². The molecule has 4 N–H and O–H groups in total. The lowest BCUT2D eigenvalue weighted by molar-refractivity contribution is 0.280. The van der Waals surface area contributed by atoms with Gasteiger partial charge in [0, 0.05) is 23.7 Å². The Kier molecular flexibility index (Phi) is 5.75. The zero-order chi connectivity index (χ0) is 20.3. The molecule has 1 aromatic heterocycles. The number of nitrogens with zero attached hydrogens (tertiary/aromatic N) is 2. The second-order valence-electron chi connectivity index (χ2n) is 6.42. The normalized spacial score (nSPS) is 10.9. The summed E-state index contributed by atoms with van der Waals surface area (Å²) in [5, 5.41) is 19.9. The number of aryl methyl sites for hydroxylation is 1. The van der Waals surface area contributed by atoms with E-state index in [9.17, 15) is 10.2 Å². The molecule has 7 heteroatoms. The van der Waals surface area contributed by atoms with Gasteiger partial charge in [0.15, 0.2) is 0 Å². The minimum Gasteiger partial charge on any atom is -0.508 e. The molecule has 7 nitrogen and oxygen atoms in total. The highest BCUT2D eigenvalue weighted by Crippen LogP contribution is 2.32. The number of nitrogen functional groups attached to an aromatic ring is 1. The van der Waals surface area contributed by atoms with Crippen LogP contribution < -0.4 is 15.2 Å². The first kappa shape index (κ1) is 19.6. The van der Waals surface area contributed by atoms with Crippen molar-refractivity contribution in [2.75, 3.05) is 20.0 Å². The van der Waals surface area contributed by atoms with Crippen molar-refractivity contribution in [2.45, 2.75) is 26.4 Å². The SMILES string of the molecule is CCc1cc(Cc2cnc(N)n2-c2cc(OC)ccc2OC)c(O)cc1CO. The van der Waals surface area contributed by atoms with Crippen LogP contribution in [0.15, 0.2) is 36.5 Å². The third kappa shape index (κ3) is 3.61. The number of hydrogen-bond donors (Lipinski definition) is 3. The molecule has 0 saturated carbocycles. The number of aliphatic hydroxyl groups excluding tert-OH is 1. The van der Waals surface area contributed by atoms with Gasteiger partial charge in [0.2, 0.25) is 5.95 Å². The molecule has 0 bridgehead atoms. The molecule has 0 aliphatic carbocycles. The van der Waals surface area contributed by atoms with Gasteiger partial charge in [0.25, 0.3) is 0 Å². The molecule has 3 rings (SSSR count). The van der Waals surface area contributed by atoms with E-state index in [-0.39, 0.29) is 12.4 Å². The first-order valence-electron chi connectivity index (χ1n) is 9.01. The van der Waals surface area contributed by atoms with Gasteiger partial charge in [-0.25, -0.2) is 4.98 Å². The zero-order valence-electron chi connectivity index (χ0n) is 16.3. The molecule has 1 heterocycles. The fourth-order valence-electron chi connectivity index (χ4n) is 3.32. The van der Waals surface area contributed by atoms with Crippen molar-refractivity contribution in [2.24, 2.45) is 0 Å². The van der Waals surface area contributed by atoms with Gasteiger partial charge in [-0.1, -0.05) is 13.0 Å². The summed E-state index contributed by atoms with van der Waals surface area (Å²) in [5.74, 6) is 1.73. The quantitative estimate of drug-likeness (QED) is 0.580. The van der Waals surface area contributed by atoms with Crippen molar-refractivity contribution in [1.29, 1.82) is 0 Å². The average Bonchev–Trinajstić information content (AvgIpc) is 3.08. The van der Waals surface area contributed by atoms with Crippen LogP contribution in [0, 0.1) is 0 Å². The lowest BCUT2D eigenvalue weighted by atomic mass is 9.98. The molecule has 0 amide bonds. The van der Waals surface area contributed by atoms with Crippen LogP contribution in [0.2, 0.25) is 0 Å². The van der Waals surface area contributed by atoms with E-state index in [0.29, 0.717) is 29.6 Å². The van der Waals surface area contributed by atoms with Crippen LogP contribution >= 0.6 is 0 Å². The van der Waals surface area contributed by atoms with Crippen LogP contribution in [0.1, 0.15) is 29.3 Å². The minimum atomic E-state index is -0.108. The van der Waals surface area contributed by atoms with Crippen molar-refractivity contribution in [1.82, 2.24) is 9.55 Å². The number of aliphatic hydroxyl groups is 1. The van der Waals surface area contributed by atoms with E-state index < -0.39 is 0 Å². The predicted molar refractivity (Wildman–Crippen MR) is 107 cm³/mol. The lowest BCUT2D eigenvalue weighted by Crippen LogP contribution is -2.08. The Bertz CT molecular complexity index is 982. The molecule has 0 aliphatic rings. The number of imidazole rings is 1. The molecule has 2 aromatic carbocycles. The smallest absolute Gasteiger partial charge is 0.205 e. The third-order valence-electron chi connectivity index (χ3n) is 4.81. The monoisotopic (exact) mass is 383 g/mol. The second-order valence-corrected chi connectivity index (χ2v) is 6.42. The molecule has 0 spiro atoms. The molecule has 0 saturated heterocycles. The van der Waals surface area contributed by atoms with Gasteiger partial charge in [0.1, 0.15) is 17.2 Å². The standard InChI is InChI=1S/C21H25N3O4/c1-4-13-7-14(19(26)9-15(13)12-25)8-16-11-23-21(22)24(16)18-10-17(27-2)5-6-20(18)28-3/h5-7,9-11,25-26H,4,8,12H2,1-3H3,(H2,22,23). The molecule has 0 atom stereocenters. The van der Waals surface area contributed by atoms with E-state index in [1.54, 1.807) is 37.1 Å². The number of nitrogens with two attached hydrogens (primary N) is 1. The number of phenols is 1. The fraction of sp³-hybridized carbons (Fsp3) is 0.286. The number of phenolic OH excluding ortho intramolecular Hbond substituents is 1. The predicted octanol–water partition coefficient (Wildman–Crippen LogP) is 2.82. The summed E-state index contributed by atoms with van der Waals surface area (Å²) in [6.07, 6.45) is 2.85. The maximum absolute atomic E-state index is 10.4. The van der Waals surface area contributed by atoms with Gasteiger partial charge in [-0.3, -0.25) is 4.57 Å². The summed E-state index contributed by atoms with van der Waals surface area (Å²) in [7, 11) is 3.18. The first-order valence-corrected chi connectivity index (χ1v) is 9.01. The summed E-state index contributed by atoms with van der Waals surface area (Å²) in [5.41, 5.74) is 10.1. The van der Waals surface area contributed by atoms with Gasteiger partial charge in [-0.2, -0.15) is 0 Å². The highest BCUT2D eigenvalue weighted by Gasteiger charge is 2.17. The number of benzene rings is 2. The zero-order valence-corrected chi connectivity index (χ0v) is 16.3. The number of aromatic nitrogens is 2. The summed E-state index contributed by atoms with van der Waals surface area (Å²) in [6, 6.07) is 8.97. The molecule has 0 aliphatic heterocycles. The molecule has 0 radical (unpaired) electrons. The number of rotatable bonds is 7. The Morgan fingerprint density at radius 3 is 2.50 bits per heavy atom. The molecule has 148 valence electrons. The lowest BCUT2D eigenvalue weighted by Gasteiger charge is -2.16. The van der Waals surface area contributed by atoms with Crippen molar-refractivity contribution in [3.63, 3.8) is 0 Å². The van der Waals surface area contributed by atoms with E-state index >= 15 is 0 Å². The fourth-order valence-corrected chi connectivity index (χ4v) is 3.32. The Morgan fingerprint density at radius 1 is 1.07 bits per heavy atom. The van der Waals surface area contributed by atoms with Crippen LogP contribution in [0.4, 0.5) is 5.95 Å². The molecule has 3 aromatic rings. The topological polar surface area (TPSA) is 103 Å². The highest BCUT2D eigenvalue weighted by atomic mass is 16.5. The van der Waals surface area contributed by atoms with E-state index in [2.05, 4.69) is 4.98 Å². The summed E-state index contributed by atoms with van der Waals surface area (Å²) < 4.78 is 12.6. The molecule has 0 fully saturated rings. The molecular formula is C21H25N3O4. The maximum Gasteiger partial charge on any atom is 0.205 e. The Balaban J connectivity index is 2.08. The first-order chi connectivity index (χ1) is 13.5. The number of ether oxygens (including phenoxy) is 2. The minimum absolute atomic E-state index is 0.108. The maximum atomic E-state index is 10.4. The second kappa shape index (κ2) is 8.22. The average molecular weight is 383 g/mol. The van der Waals surface area contributed by atoms with E-state index in [4.69, 9.17) is 15.2 Å². The van der Waals surface area contributed by atoms with E-state index in [0.717, 1.165) is 28.8 Å². The van der Waals surface area contributed by atoms with Crippen molar-refractivity contribution in [3.05, 3.63) is 58.9 Å². The van der Waals surface area contributed by atoms with E-state index in [1.807, 2.05) is 25.1 Å². The van der Waals surface area contributed by atoms with Gasteiger partial charge >= 0.3 is 0 Å². The van der Waals surface area contributed by atoms with Crippen LogP contribution in [0.5, 0.6) is 17.2 Å². The summed E-state index contributed by atoms with van der Waals surface area (Å²) >= 11 is 0. The van der Waals surface area contributed by atoms with Crippen molar-refractivity contribution in [3.8, 4) is 22.9 Å². The van der Waals surface area contributed by atoms with Gasteiger partial charge in [-0.15, -0.1) is 0 Å². The molecule has 0 unspecified atom stereocenters. The number of hydrogen-bond acceptors (Lipinski definition) is 6. The summed E-state index contributed by atoms with van der Waals surface area (Å²) in [6.45, 7) is 1.90. The van der Waals surface area contributed by atoms with Crippen molar-refractivity contribution >= 4 is 5.95 Å². The number of aromatic hydroxyl groups is 1. The Labute approximate surface area is 164 Å². The Hall–Kier alpha value is -3.19. The molecule has 28 heavy (non-hydrogen) atoms. The Morgan fingerprint density at radius 2 is 1.86 bits per heavy atom. The third-order valence-corrected chi connectivity index (χ3v) is 4.81. The van der Waals surface area contributed by atoms with Gasteiger partial charge in [0.05, 0.1) is 32.7 Å². The largest absolute Gasteiger partial charge is 0.508 e. The number of anilines is 1. The highest BCUT2D eigenvalue weighted by molar-refractivity contribution is 5.56. The molecular weight excluding hydrogens is 358 g/mol. The van der Waals surface area contributed by atoms with Crippen LogP contribution in [-0.4, -0.2) is 34.0 Å². The van der Waals surface area contributed by atoms with Crippen LogP contribution in [0.25, 0.3) is 5.69 Å². The van der Waals surface area contributed by atoms with Crippen LogP contribution in [0.3, 0.4) is 0 Å².